The van der Waals surface area contributed by atoms with Gasteiger partial charge in [-0.05, 0) is 42.1 Å². The lowest BCUT2D eigenvalue weighted by molar-refractivity contribution is 0.873. The van der Waals surface area contributed by atoms with E-state index in [2.05, 4.69) is 45.3 Å². The first-order valence-electron chi connectivity index (χ1n) is 6.77. The van der Waals surface area contributed by atoms with Crippen molar-refractivity contribution in [2.75, 3.05) is 5.32 Å². The number of rotatable bonds is 3. The maximum absolute atomic E-state index is 12.1. The maximum atomic E-state index is 12.1. The number of aromatic amines is 1. The normalized spacial score (nSPS) is 12.3. The minimum absolute atomic E-state index is 0.0722. The molecule has 1 unspecified atom stereocenters. The Morgan fingerprint density at radius 2 is 1.90 bits per heavy atom. The third-order valence-electron chi connectivity index (χ3n) is 3.47. The SMILES string of the molecule is CC(Nc1cc2ccccc2c(=O)[nH]1)c1cccc(Br)c1. The Kier molecular flexibility index (Phi) is 3.80. The van der Waals surface area contributed by atoms with E-state index >= 15 is 0 Å². The molecule has 0 aliphatic heterocycles. The van der Waals surface area contributed by atoms with Crippen molar-refractivity contribution in [1.82, 2.24) is 4.98 Å². The summed E-state index contributed by atoms with van der Waals surface area (Å²) < 4.78 is 1.04. The van der Waals surface area contributed by atoms with E-state index in [1.54, 1.807) is 0 Å². The van der Waals surface area contributed by atoms with E-state index in [-0.39, 0.29) is 11.6 Å². The third kappa shape index (κ3) is 3.00. The van der Waals surface area contributed by atoms with Gasteiger partial charge in [0.05, 0.1) is 0 Å². The van der Waals surface area contributed by atoms with Crippen LogP contribution in [0.5, 0.6) is 0 Å². The van der Waals surface area contributed by atoms with Crippen LogP contribution in [-0.4, -0.2) is 4.98 Å². The first-order chi connectivity index (χ1) is 10.1. The fourth-order valence-electron chi connectivity index (χ4n) is 2.38. The number of hydrogen-bond donors (Lipinski definition) is 2. The highest BCUT2D eigenvalue weighted by molar-refractivity contribution is 9.10. The highest BCUT2D eigenvalue weighted by Crippen LogP contribution is 2.22. The van der Waals surface area contributed by atoms with E-state index in [0.29, 0.717) is 5.39 Å². The minimum atomic E-state index is -0.0722. The molecule has 1 atom stereocenters. The average Bonchev–Trinajstić information content (AvgIpc) is 2.47. The molecule has 0 spiro atoms. The van der Waals surface area contributed by atoms with Gasteiger partial charge in [0.25, 0.3) is 5.56 Å². The standard InChI is InChI=1S/C17H15BrN2O/c1-11(12-6-4-7-14(18)9-12)19-16-10-13-5-2-3-8-15(13)17(21)20-16/h2-11H,1H3,(H2,19,20,21). The van der Waals surface area contributed by atoms with Crippen LogP contribution in [0.1, 0.15) is 18.5 Å². The van der Waals surface area contributed by atoms with Crippen molar-refractivity contribution in [3.63, 3.8) is 0 Å². The lowest BCUT2D eigenvalue weighted by Crippen LogP contribution is -2.13. The van der Waals surface area contributed by atoms with Crippen LogP contribution in [-0.2, 0) is 0 Å². The number of fused-ring (bicyclic) bond motifs is 1. The molecule has 106 valence electrons. The molecule has 0 radical (unpaired) electrons. The van der Waals surface area contributed by atoms with E-state index < -0.39 is 0 Å². The maximum Gasteiger partial charge on any atom is 0.257 e. The Labute approximate surface area is 131 Å². The summed E-state index contributed by atoms with van der Waals surface area (Å²) in [5.41, 5.74) is 1.08. The fraction of sp³-hybridized carbons (Fsp3) is 0.118. The largest absolute Gasteiger partial charge is 0.365 e. The Morgan fingerprint density at radius 1 is 1.10 bits per heavy atom. The van der Waals surface area contributed by atoms with Gasteiger partial charge in [0.15, 0.2) is 0 Å². The zero-order valence-electron chi connectivity index (χ0n) is 11.6. The van der Waals surface area contributed by atoms with Gasteiger partial charge in [0.1, 0.15) is 5.82 Å². The highest BCUT2D eigenvalue weighted by Gasteiger charge is 2.07. The topological polar surface area (TPSA) is 44.9 Å². The van der Waals surface area contributed by atoms with Gasteiger partial charge >= 0.3 is 0 Å². The summed E-state index contributed by atoms with van der Waals surface area (Å²) in [6.45, 7) is 2.06. The molecule has 0 amide bonds. The average molecular weight is 343 g/mol. The van der Waals surface area contributed by atoms with Gasteiger partial charge < -0.3 is 10.3 Å². The molecule has 4 heteroatoms. The van der Waals surface area contributed by atoms with Crippen LogP contribution >= 0.6 is 15.9 Å². The number of hydrogen-bond acceptors (Lipinski definition) is 2. The van der Waals surface area contributed by atoms with Crippen LogP contribution < -0.4 is 10.9 Å². The number of halogens is 1. The fourth-order valence-corrected chi connectivity index (χ4v) is 2.80. The predicted octanol–water partition coefficient (Wildman–Crippen LogP) is 4.46. The van der Waals surface area contributed by atoms with E-state index in [4.69, 9.17) is 0 Å². The van der Waals surface area contributed by atoms with Gasteiger partial charge in [0.2, 0.25) is 0 Å². The predicted molar refractivity (Wildman–Crippen MR) is 90.7 cm³/mol. The summed E-state index contributed by atoms with van der Waals surface area (Å²) in [6.07, 6.45) is 0. The van der Waals surface area contributed by atoms with E-state index in [1.165, 1.54) is 0 Å². The molecule has 0 fully saturated rings. The van der Waals surface area contributed by atoms with Crippen LogP contribution in [0.25, 0.3) is 10.8 Å². The smallest absolute Gasteiger partial charge is 0.257 e. The summed E-state index contributed by atoms with van der Waals surface area (Å²) >= 11 is 3.47. The summed E-state index contributed by atoms with van der Waals surface area (Å²) in [7, 11) is 0. The molecule has 3 rings (SSSR count). The van der Waals surface area contributed by atoms with Gasteiger partial charge in [-0.25, -0.2) is 0 Å². The van der Waals surface area contributed by atoms with Gasteiger partial charge in [-0.2, -0.15) is 0 Å². The molecule has 3 aromatic rings. The van der Waals surface area contributed by atoms with E-state index in [9.17, 15) is 4.79 Å². The molecule has 2 aromatic carbocycles. The Hall–Kier alpha value is -2.07. The second kappa shape index (κ2) is 5.74. The van der Waals surface area contributed by atoms with Crippen LogP contribution in [0.3, 0.4) is 0 Å². The molecule has 1 aromatic heterocycles. The van der Waals surface area contributed by atoms with Crippen molar-refractivity contribution < 1.29 is 0 Å². The lowest BCUT2D eigenvalue weighted by atomic mass is 10.1. The molecule has 0 saturated carbocycles. The number of aromatic nitrogens is 1. The molecule has 3 nitrogen and oxygen atoms in total. The van der Waals surface area contributed by atoms with Crippen molar-refractivity contribution in [2.24, 2.45) is 0 Å². The zero-order chi connectivity index (χ0) is 14.8. The van der Waals surface area contributed by atoms with Gasteiger partial charge in [0, 0.05) is 15.9 Å². The van der Waals surface area contributed by atoms with Crippen molar-refractivity contribution in [3.05, 3.63) is 75.0 Å². The van der Waals surface area contributed by atoms with Crippen LogP contribution in [0, 0.1) is 0 Å². The van der Waals surface area contributed by atoms with Crippen LogP contribution in [0.15, 0.2) is 63.9 Å². The molecular formula is C17H15BrN2O. The minimum Gasteiger partial charge on any atom is -0.365 e. The zero-order valence-corrected chi connectivity index (χ0v) is 13.1. The van der Waals surface area contributed by atoms with Crippen molar-refractivity contribution in [1.29, 1.82) is 0 Å². The highest BCUT2D eigenvalue weighted by atomic mass is 79.9. The summed E-state index contributed by atoms with van der Waals surface area (Å²) in [6, 6.07) is 17.8. The number of pyridine rings is 1. The summed E-state index contributed by atoms with van der Waals surface area (Å²) in [5.74, 6) is 0.728. The Balaban J connectivity index is 1.93. The van der Waals surface area contributed by atoms with Gasteiger partial charge in [-0.3, -0.25) is 4.79 Å². The molecule has 2 N–H and O–H groups in total. The second-order valence-electron chi connectivity index (χ2n) is 5.02. The molecule has 21 heavy (non-hydrogen) atoms. The quantitative estimate of drug-likeness (QED) is 0.737. The van der Waals surface area contributed by atoms with Crippen molar-refractivity contribution >= 4 is 32.5 Å². The molecule has 1 heterocycles. The summed E-state index contributed by atoms with van der Waals surface area (Å²) in [5, 5.41) is 4.98. The Bertz CT molecular complexity index is 841. The van der Waals surface area contributed by atoms with Crippen LogP contribution in [0.4, 0.5) is 5.82 Å². The number of H-pyrrole nitrogens is 1. The third-order valence-corrected chi connectivity index (χ3v) is 3.97. The monoisotopic (exact) mass is 342 g/mol. The van der Waals surface area contributed by atoms with Gasteiger partial charge in [-0.15, -0.1) is 0 Å². The van der Waals surface area contributed by atoms with Crippen molar-refractivity contribution in [2.45, 2.75) is 13.0 Å². The first-order valence-corrected chi connectivity index (χ1v) is 7.57. The number of anilines is 1. The molecule has 0 aliphatic carbocycles. The summed E-state index contributed by atoms with van der Waals surface area (Å²) in [4.78, 5) is 15.0. The molecule has 0 aliphatic rings. The molecular weight excluding hydrogens is 328 g/mol. The number of benzene rings is 2. The second-order valence-corrected chi connectivity index (χ2v) is 5.94. The number of nitrogens with one attached hydrogen (secondary N) is 2. The molecule has 0 saturated heterocycles. The van der Waals surface area contributed by atoms with E-state index in [0.717, 1.165) is 21.2 Å². The van der Waals surface area contributed by atoms with Crippen LogP contribution in [0.2, 0.25) is 0 Å². The van der Waals surface area contributed by atoms with Crippen molar-refractivity contribution in [3.8, 4) is 0 Å². The first kappa shape index (κ1) is 13.9. The molecule has 0 bridgehead atoms. The Morgan fingerprint density at radius 3 is 2.71 bits per heavy atom. The van der Waals surface area contributed by atoms with Gasteiger partial charge in [-0.1, -0.05) is 46.3 Å². The lowest BCUT2D eigenvalue weighted by Gasteiger charge is -2.16. The van der Waals surface area contributed by atoms with E-state index in [1.807, 2.05) is 42.5 Å².